The number of carbonyl (C=O) groups excluding carboxylic acids is 2. The fraction of sp³-hybridized carbons (Fsp3) is 0.385. The Balaban J connectivity index is 2.37. The number of hydrogen-bond donors (Lipinski definition) is 2. The second kappa shape index (κ2) is 7.25. The van der Waals surface area contributed by atoms with Crippen molar-refractivity contribution in [2.75, 3.05) is 18.9 Å². The normalized spacial score (nSPS) is 11.5. The van der Waals surface area contributed by atoms with E-state index in [1.54, 1.807) is 38.1 Å². The van der Waals surface area contributed by atoms with E-state index in [0.29, 0.717) is 11.4 Å². The van der Waals surface area contributed by atoms with E-state index in [2.05, 4.69) is 5.32 Å². The average molecular weight is 266 g/mol. The van der Waals surface area contributed by atoms with Crippen molar-refractivity contribution in [1.29, 1.82) is 0 Å². The fourth-order valence-corrected chi connectivity index (χ4v) is 1.36. The number of carbonyl (C=O) groups is 2. The molecule has 1 atom stereocenters. The minimum Gasteiger partial charge on any atom is -0.484 e. The molecule has 19 heavy (non-hydrogen) atoms. The number of nitrogen functional groups attached to an aromatic ring is 1. The highest BCUT2D eigenvalue weighted by atomic mass is 16.5. The average Bonchev–Trinajstić information content (AvgIpc) is 2.36. The van der Waals surface area contributed by atoms with Gasteiger partial charge < -0.3 is 20.5 Å². The lowest BCUT2D eigenvalue weighted by molar-refractivity contribution is -0.147. The Labute approximate surface area is 111 Å². The summed E-state index contributed by atoms with van der Waals surface area (Å²) in [6.45, 7) is 3.35. The first kappa shape index (κ1) is 14.8. The van der Waals surface area contributed by atoms with Gasteiger partial charge in [-0.3, -0.25) is 4.79 Å². The zero-order valence-electron chi connectivity index (χ0n) is 11.0. The van der Waals surface area contributed by atoms with Crippen LogP contribution in [0, 0.1) is 0 Å². The van der Waals surface area contributed by atoms with E-state index < -0.39 is 17.9 Å². The minimum atomic E-state index is -0.697. The van der Waals surface area contributed by atoms with Gasteiger partial charge in [-0.05, 0) is 26.0 Å². The molecule has 0 bridgehead atoms. The van der Waals surface area contributed by atoms with Crippen LogP contribution in [0.25, 0.3) is 0 Å². The van der Waals surface area contributed by atoms with E-state index in [1.165, 1.54) is 0 Å². The number of rotatable bonds is 6. The lowest BCUT2D eigenvalue weighted by Crippen LogP contribution is -2.41. The molecular weight excluding hydrogens is 248 g/mol. The number of nitrogens with one attached hydrogen (secondary N) is 1. The van der Waals surface area contributed by atoms with Crippen molar-refractivity contribution in [3.8, 4) is 5.75 Å². The zero-order valence-corrected chi connectivity index (χ0v) is 11.0. The predicted octanol–water partition coefficient (Wildman–Crippen LogP) is 0.715. The standard InChI is InChI=1S/C13H18N2O4/c1-3-18-13(17)9(2)15-12(16)8-19-11-6-4-5-10(14)7-11/h4-7,9H,3,8,14H2,1-2H3,(H,15,16). The number of esters is 1. The fourth-order valence-electron chi connectivity index (χ4n) is 1.36. The smallest absolute Gasteiger partial charge is 0.328 e. The maximum absolute atomic E-state index is 11.5. The van der Waals surface area contributed by atoms with Gasteiger partial charge >= 0.3 is 5.97 Å². The Morgan fingerprint density at radius 2 is 2.16 bits per heavy atom. The van der Waals surface area contributed by atoms with Gasteiger partial charge in [-0.15, -0.1) is 0 Å². The third-order valence-electron chi connectivity index (χ3n) is 2.25. The van der Waals surface area contributed by atoms with Crippen LogP contribution in [-0.2, 0) is 14.3 Å². The number of hydrogen-bond acceptors (Lipinski definition) is 5. The van der Waals surface area contributed by atoms with Crippen molar-refractivity contribution >= 4 is 17.6 Å². The molecule has 1 rings (SSSR count). The summed E-state index contributed by atoms with van der Waals surface area (Å²) in [7, 11) is 0. The van der Waals surface area contributed by atoms with Gasteiger partial charge in [-0.2, -0.15) is 0 Å². The van der Waals surface area contributed by atoms with Crippen LogP contribution < -0.4 is 15.8 Å². The third kappa shape index (κ3) is 5.29. The molecule has 0 saturated heterocycles. The lowest BCUT2D eigenvalue weighted by Gasteiger charge is -2.13. The van der Waals surface area contributed by atoms with Crippen LogP contribution in [-0.4, -0.2) is 31.1 Å². The van der Waals surface area contributed by atoms with Gasteiger partial charge in [-0.25, -0.2) is 4.79 Å². The van der Waals surface area contributed by atoms with Gasteiger partial charge in [0, 0.05) is 11.8 Å². The topological polar surface area (TPSA) is 90.6 Å². The van der Waals surface area contributed by atoms with Crippen LogP contribution in [0.5, 0.6) is 5.75 Å². The molecule has 0 fully saturated rings. The quantitative estimate of drug-likeness (QED) is 0.584. The van der Waals surface area contributed by atoms with Crippen molar-refractivity contribution in [1.82, 2.24) is 5.32 Å². The summed E-state index contributed by atoms with van der Waals surface area (Å²) in [5.74, 6) is -0.373. The maximum atomic E-state index is 11.5. The molecule has 104 valence electrons. The number of nitrogens with two attached hydrogens (primary N) is 1. The Kier molecular flexibility index (Phi) is 5.66. The van der Waals surface area contributed by atoms with Gasteiger partial charge in [0.25, 0.3) is 5.91 Å². The summed E-state index contributed by atoms with van der Waals surface area (Å²) in [6, 6.07) is 6.05. The largest absolute Gasteiger partial charge is 0.484 e. The summed E-state index contributed by atoms with van der Waals surface area (Å²) in [5.41, 5.74) is 6.13. The molecule has 0 saturated carbocycles. The van der Waals surface area contributed by atoms with E-state index in [-0.39, 0.29) is 13.2 Å². The van der Waals surface area contributed by atoms with Crippen LogP contribution in [0.15, 0.2) is 24.3 Å². The van der Waals surface area contributed by atoms with Crippen molar-refractivity contribution in [2.45, 2.75) is 19.9 Å². The minimum absolute atomic E-state index is 0.187. The third-order valence-corrected chi connectivity index (χ3v) is 2.25. The molecule has 0 spiro atoms. The van der Waals surface area contributed by atoms with Crippen LogP contribution in [0.2, 0.25) is 0 Å². The maximum Gasteiger partial charge on any atom is 0.328 e. The van der Waals surface area contributed by atoms with Crippen LogP contribution in [0.1, 0.15) is 13.8 Å². The first-order chi connectivity index (χ1) is 9.02. The van der Waals surface area contributed by atoms with Crippen LogP contribution in [0.3, 0.4) is 0 Å². The molecule has 3 N–H and O–H groups in total. The van der Waals surface area contributed by atoms with E-state index in [4.69, 9.17) is 15.2 Å². The summed E-state index contributed by atoms with van der Waals surface area (Å²) in [6.07, 6.45) is 0. The van der Waals surface area contributed by atoms with Crippen LogP contribution >= 0.6 is 0 Å². The molecule has 0 aromatic heterocycles. The molecular formula is C13H18N2O4. The van der Waals surface area contributed by atoms with E-state index in [1.807, 2.05) is 0 Å². The summed E-state index contributed by atoms with van der Waals surface area (Å²) in [5, 5.41) is 2.48. The molecule has 0 aliphatic rings. The summed E-state index contributed by atoms with van der Waals surface area (Å²) in [4.78, 5) is 22.8. The predicted molar refractivity (Wildman–Crippen MR) is 70.6 cm³/mol. The Morgan fingerprint density at radius 3 is 2.79 bits per heavy atom. The highest BCUT2D eigenvalue weighted by Gasteiger charge is 2.16. The molecule has 6 nitrogen and oxygen atoms in total. The van der Waals surface area contributed by atoms with E-state index in [0.717, 1.165) is 0 Å². The molecule has 0 radical (unpaired) electrons. The van der Waals surface area contributed by atoms with Crippen molar-refractivity contribution in [3.63, 3.8) is 0 Å². The number of benzene rings is 1. The number of ether oxygens (including phenoxy) is 2. The molecule has 1 aromatic rings. The zero-order chi connectivity index (χ0) is 14.3. The molecule has 1 aromatic carbocycles. The SMILES string of the molecule is CCOC(=O)C(C)NC(=O)COc1cccc(N)c1. The lowest BCUT2D eigenvalue weighted by atomic mass is 10.3. The van der Waals surface area contributed by atoms with Gasteiger partial charge in [0.1, 0.15) is 11.8 Å². The molecule has 0 aliphatic carbocycles. The molecule has 1 amide bonds. The Bertz CT molecular complexity index is 448. The first-order valence-corrected chi connectivity index (χ1v) is 5.97. The van der Waals surface area contributed by atoms with E-state index in [9.17, 15) is 9.59 Å². The second-order valence-corrected chi connectivity index (χ2v) is 3.90. The monoisotopic (exact) mass is 266 g/mol. The molecule has 1 unspecified atom stereocenters. The summed E-state index contributed by atoms with van der Waals surface area (Å²) >= 11 is 0. The molecule has 0 heterocycles. The Morgan fingerprint density at radius 1 is 1.42 bits per heavy atom. The Hall–Kier alpha value is -2.24. The van der Waals surface area contributed by atoms with E-state index >= 15 is 0 Å². The molecule has 6 heteroatoms. The van der Waals surface area contributed by atoms with Gasteiger partial charge in [0.15, 0.2) is 6.61 Å². The van der Waals surface area contributed by atoms with Crippen molar-refractivity contribution in [2.24, 2.45) is 0 Å². The second-order valence-electron chi connectivity index (χ2n) is 3.90. The van der Waals surface area contributed by atoms with Gasteiger partial charge in [-0.1, -0.05) is 6.07 Å². The molecule has 0 aliphatic heterocycles. The van der Waals surface area contributed by atoms with Gasteiger partial charge in [0.05, 0.1) is 6.61 Å². The van der Waals surface area contributed by atoms with Crippen molar-refractivity contribution < 1.29 is 19.1 Å². The first-order valence-electron chi connectivity index (χ1n) is 5.97. The highest BCUT2D eigenvalue weighted by molar-refractivity contribution is 5.84. The van der Waals surface area contributed by atoms with Gasteiger partial charge in [0.2, 0.25) is 0 Å². The highest BCUT2D eigenvalue weighted by Crippen LogP contribution is 2.13. The number of amides is 1. The van der Waals surface area contributed by atoms with Crippen LogP contribution in [0.4, 0.5) is 5.69 Å². The number of anilines is 1. The summed E-state index contributed by atoms with van der Waals surface area (Å²) < 4.78 is 10.0. The van der Waals surface area contributed by atoms with Crippen molar-refractivity contribution in [3.05, 3.63) is 24.3 Å².